The van der Waals surface area contributed by atoms with Crippen molar-refractivity contribution in [1.82, 2.24) is 10.2 Å². The Morgan fingerprint density at radius 3 is 2.63 bits per heavy atom. The molecule has 0 spiro atoms. The fourth-order valence-corrected chi connectivity index (χ4v) is 1.53. The lowest BCUT2D eigenvalue weighted by atomic mass is 10.1. The van der Waals surface area contributed by atoms with E-state index in [1.807, 2.05) is 30.3 Å². The Bertz CT molecular complexity index is 617. The summed E-state index contributed by atoms with van der Waals surface area (Å²) in [5.74, 6) is -1.29. The number of aliphatic carboxylic acids is 1. The van der Waals surface area contributed by atoms with Gasteiger partial charge in [-0.2, -0.15) is 5.10 Å². The minimum Gasteiger partial charge on any atom is -0.478 e. The van der Waals surface area contributed by atoms with E-state index in [1.54, 1.807) is 6.20 Å². The number of amides is 1. The summed E-state index contributed by atoms with van der Waals surface area (Å²) >= 11 is 0. The van der Waals surface area contributed by atoms with Crippen LogP contribution in [0.15, 0.2) is 48.7 Å². The lowest BCUT2D eigenvalue weighted by molar-refractivity contribution is -0.131. The summed E-state index contributed by atoms with van der Waals surface area (Å²) in [6.45, 7) is 0. The van der Waals surface area contributed by atoms with E-state index in [1.165, 1.54) is 0 Å². The number of nitrogens with zero attached hydrogens (tertiary/aromatic N) is 1. The molecule has 6 nitrogen and oxygen atoms in total. The molecule has 96 valence electrons. The van der Waals surface area contributed by atoms with Crippen LogP contribution >= 0.6 is 0 Å². The van der Waals surface area contributed by atoms with Crippen molar-refractivity contribution in [2.75, 3.05) is 5.32 Å². The Kier molecular flexibility index (Phi) is 3.72. The summed E-state index contributed by atoms with van der Waals surface area (Å²) in [5.41, 5.74) is 1.63. The van der Waals surface area contributed by atoms with Crippen molar-refractivity contribution < 1.29 is 14.7 Å². The molecule has 19 heavy (non-hydrogen) atoms. The van der Waals surface area contributed by atoms with E-state index in [0.29, 0.717) is 5.82 Å². The van der Waals surface area contributed by atoms with Crippen LogP contribution in [0.5, 0.6) is 0 Å². The van der Waals surface area contributed by atoms with Crippen LogP contribution in [0.3, 0.4) is 0 Å². The van der Waals surface area contributed by atoms with Crippen LogP contribution in [-0.2, 0) is 9.59 Å². The molecular formula is C13H11N3O3. The van der Waals surface area contributed by atoms with Gasteiger partial charge in [0.2, 0.25) is 5.91 Å². The average molecular weight is 257 g/mol. The zero-order chi connectivity index (χ0) is 13.7. The summed E-state index contributed by atoms with van der Waals surface area (Å²) < 4.78 is 0. The number of carboxylic acid groups (broad SMARTS) is 1. The molecule has 0 saturated carbocycles. The molecule has 1 heterocycles. The molecule has 3 N–H and O–H groups in total. The highest BCUT2D eigenvalue weighted by atomic mass is 16.4. The summed E-state index contributed by atoms with van der Waals surface area (Å²) in [4.78, 5) is 21.8. The Morgan fingerprint density at radius 1 is 1.21 bits per heavy atom. The van der Waals surface area contributed by atoms with Crippen LogP contribution < -0.4 is 5.32 Å². The molecule has 2 rings (SSSR count). The van der Waals surface area contributed by atoms with Gasteiger partial charge in [0.05, 0.1) is 6.20 Å². The van der Waals surface area contributed by atoms with Crippen molar-refractivity contribution in [2.24, 2.45) is 0 Å². The van der Waals surface area contributed by atoms with E-state index in [0.717, 1.165) is 23.3 Å². The maximum absolute atomic E-state index is 11.5. The summed E-state index contributed by atoms with van der Waals surface area (Å²) in [7, 11) is 0. The predicted molar refractivity (Wildman–Crippen MR) is 69.4 cm³/mol. The van der Waals surface area contributed by atoms with E-state index in [9.17, 15) is 9.59 Å². The Hall–Kier alpha value is -2.89. The van der Waals surface area contributed by atoms with Crippen molar-refractivity contribution in [3.8, 4) is 11.1 Å². The molecule has 0 aliphatic heterocycles. The number of hydrogen-bond acceptors (Lipinski definition) is 3. The standard InChI is InChI=1S/C13H11N3O3/c17-11(6-7-12(18)19)15-13-10(8-14-16-13)9-4-2-1-3-5-9/h1-8H,(H,18,19)(H2,14,15,16,17)/b7-6+. The fourth-order valence-electron chi connectivity index (χ4n) is 1.53. The number of carbonyl (C=O) groups excluding carboxylic acids is 1. The molecule has 1 aromatic carbocycles. The lowest BCUT2D eigenvalue weighted by Crippen LogP contribution is -2.09. The third kappa shape index (κ3) is 3.29. The smallest absolute Gasteiger partial charge is 0.328 e. The van der Waals surface area contributed by atoms with Crippen LogP contribution in [0.25, 0.3) is 11.1 Å². The summed E-state index contributed by atoms with van der Waals surface area (Å²) in [6, 6.07) is 9.40. The average Bonchev–Trinajstić information content (AvgIpc) is 2.85. The highest BCUT2D eigenvalue weighted by Gasteiger charge is 2.09. The highest BCUT2D eigenvalue weighted by molar-refractivity contribution is 6.03. The first-order chi connectivity index (χ1) is 9.16. The minimum atomic E-state index is -1.18. The SMILES string of the molecule is O=C(O)/C=C/C(=O)Nc1[nH]ncc1-c1ccccc1. The first-order valence-electron chi connectivity index (χ1n) is 5.47. The Labute approximate surface area is 108 Å². The third-order valence-corrected chi connectivity index (χ3v) is 2.35. The number of hydrogen-bond donors (Lipinski definition) is 3. The maximum atomic E-state index is 11.5. The number of nitrogens with one attached hydrogen (secondary N) is 2. The van der Waals surface area contributed by atoms with Gasteiger partial charge in [0.1, 0.15) is 5.82 Å². The van der Waals surface area contributed by atoms with Gasteiger partial charge in [0, 0.05) is 17.7 Å². The zero-order valence-corrected chi connectivity index (χ0v) is 9.83. The second kappa shape index (κ2) is 5.63. The number of carboxylic acids is 1. The lowest BCUT2D eigenvalue weighted by Gasteiger charge is -2.03. The minimum absolute atomic E-state index is 0.422. The number of aromatic amines is 1. The van der Waals surface area contributed by atoms with Crippen LogP contribution in [0.1, 0.15) is 0 Å². The van der Waals surface area contributed by atoms with Gasteiger partial charge in [-0.1, -0.05) is 30.3 Å². The van der Waals surface area contributed by atoms with E-state index >= 15 is 0 Å². The normalized spacial score (nSPS) is 10.5. The zero-order valence-electron chi connectivity index (χ0n) is 9.83. The van der Waals surface area contributed by atoms with Gasteiger partial charge in [-0.3, -0.25) is 9.89 Å². The van der Waals surface area contributed by atoms with E-state index in [4.69, 9.17) is 5.11 Å². The topological polar surface area (TPSA) is 95.1 Å². The predicted octanol–water partition coefficient (Wildman–Crippen LogP) is 1.66. The van der Waals surface area contributed by atoms with Crippen molar-refractivity contribution >= 4 is 17.7 Å². The molecule has 1 aromatic heterocycles. The monoisotopic (exact) mass is 257 g/mol. The third-order valence-electron chi connectivity index (χ3n) is 2.35. The second-order valence-electron chi connectivity index (χ2n) is 3.69. The number of rotatable bonds is 4. The molecule has 6 heteroatoms. The first-order valence-corrected chi connectivity index (χ1v) is 5.47. The van der Waals surface area contributed by atoms with Gasteiger partial charge in [-0.25, -0.2) is 4.79 Å². The molecule has 0 atom stereocenters. The van der Waals surface area contributed by atoms with Gasteiger partial charge in [0.15, 0.2) is 0 Å². The number of anilines is 1. The Balaban J connectivity index is 2.17. The largest absolute Gasteiger partial charge is 0.478 e. The molecule has 0 saturated heterocycles. The van der Waals surface area contributed by atoms with Crippen LogP contribution in [-0.4, -0.2) is 27.2 Å². The van der Waals surface area contributed by atoms with E-state index in [-0.39, 0.29) is 0 Å². The second-order valence-corrected chi connectivity index (χ2v) is 3.69. The van der Waals surface area contributed by atoms with Crippen LogP contribution in [0, 0.1) is 0 Å². The number of H-pyrrole nitrogens is 1. The molecule has 2 aromatic rings. The van der Waals surface area contributed by atoms with Crippen molar-refractivity contribution in [3.63, 3.8) is 0 Å². The number of aromatic nitrogens is 2. The fraction of sp³-hybridized carbons (Fsp3) is 0. The quantitative estimate of drug-likeness (QED) is 0.726. The molecule has 0 unspecified atom stereocenters. The van der Waals surface area contributed by atoms with Gasteiger partial charge >= 0.3 is 5.97 Å². The van der Waals surface area contributed by atoms with Gasteiger partial charge in [-0.05, 0) is 5.56 Å². The Morgan fingerprint density at radius 2 is 1.95 bits per heavy atom. The molecule has 0 bridgehead atoms. The molecule has 0 fully saturated rings. The maximum Gasteiger partial charge on any atom is 0.328 e. The molecule has 0 aliphatic carbocycles. The highest BCUT2D eigenvalue weighted by Crippen LogP contribution is 2.25. The summed E-state index contributed by atoms with van der Waals surface area (Å²) in [6.07, 6.45) is 3.30. The van der Waals surface area contributed by atoms with E-state index in [2.05, 4.69) is 15.5 Å². The van der Waals surface area contributed by atoms with Crippen LogP contribution in [0.4, 0.5) is 5.82 Å². The van der Waals surface area contributed by atoms with Crippen LogP contribution in [0.2, 0.25) is 0 Å². The summed E-state index contributed by atoms with van der Waals surface area (Å²) in [5, 5.41) is 17.5. The molecule has 0 aliphatic rings. The molecular weight excluding hydrogens is 246 g/mol. The van der Waals surface area contributed by atoms with Crippen molar-refractivity contribution in [1.29, 1.82) is 0 Å². The van der Waals surface area contributed by atoms with E-state index < -0.39 is 11.9 Å². The van der Waals surface area contributed by atoms with Crippen molar-refractivity contribution in [2.45, 2.75) is 0 Å². The number of carbonyl (C=O) groups is 2. The van der Waals surface area contributed by atoms with Gasteiger partial charge in [0.25, 0.3) is 0 Å². The first kappa shape index (κ1) is 12.6. The van der Waals surface area contributed by atoms with Crippen molar-refractivity contribution in [3.05, 3.63) is 48.7 Å². The molecule has 0 radical (unpaired) electrons. The van der Waals surface area contributed by atoms with Gasteiger partial charge in [-0.15, -0.1) is 0 Å². The van der Waals surface area contributed by atoms with Gasteiger partial charge < -0.3 is 10.4 Å². The molecule has 1 amide bonds. The number of benzene rings is 1.